The van der Waals surface area contributed by atoms with Crippen LogP contribution in [0.1, 0.15) is 16.4 Å². The summed E-state index contributed by atoms with van der Waals surface area (Å²) in [5, 5.41) is -0.587. The predicted molar refractivity (Wildman–Crippen MR) is 75.3 cm³/mol. The van der Waals surface area contributed by atoms with E-state index in [-0.39, 0.29) is 0 Å². The first-order valence-electron chi connectivity index (χ1n) is 6.21. The van der Waals surface area contributed by atoms with Gasteiger partial charge in [-0.2, -0.15) is 0 Å². The third kappa shape index (κ3) is 2.69. The molecule has 19 heavy (non-hydrogen) atoms. The first-order chi connectivity index (χ1) is 9.07. The first kappa shape index (κ1) is 13.8. The number of benzene rings is 2. The molecule has 2 rings (SSSR count). The minimum absolute atomic E-state index is 0.322. The minimum atomic E-state index is -3.39. The van der Waals surface area contributed by atoms with E-state index in [0.717, 1.165) is 11.1 Å². The molecule has 2 aromatic carbocycles. The van der Waals surface area contributed by atoms with Crippen LogP contribution in [0.2, 0.25) is 0 Å². The smallest absolute Gasteiger partial charge is 0.190 e. The van der Waals surface area contributed by atoms with Crippen molar-refractivity contribution < 1.29 is 14.2 Å². The van der Waals surface area contributed by atoms with Crippen LogP contribution in [-0.2, 0) is 9.84 Å². The highest BCUT2D eigenvalue weighted by molar-refractivity contribution is 7.91. The van der Waals surface area contributed by atoms with Crippen LogP contribution in [0, 0.1) is 6.92 Å². The van der Waals surface area contributed by atoms with Gasteiger partial charge >= 0.3 is 0 Å². The van der Waals surface area contributed by atoms with Crippen molar-refractivity contribution in [3.63, 3.8) is 0 Å². The Kier molecular flexibility index (Phi) is 4.02. The zero-order valence-electron chi connectivity index (χ0n) is 10.9. The van der Waals surface area contributed by atoms with Crippen molar-refractivity contribution in [2.24, 2.45) is 0 Å². The molecular formula is C15H18NO2S+. The Hall–Kier alpha value is -1.65. The van der Waals surface area contributed by atoms with Gasteiger partial charge in [0.2, 0.25) is 0 Å². The second kappa shape index (κ2) is 5.55. The summed E-state index contributed by atoms with van der Waals surface area (Å²) in [5.41, 5.74) is 5.63. The summed E-state index contributed by atoms with van der Waals surface area (Å²) in [4.78, 5) is 0.354. The summed E-state index contributed by atoms with van der Waals surface area (Å²) in [7, 11) is -3.39. The molecule has 0 saturated heterocycles. The molecular weight excluding hydrogens is 258 g/mol. The average Bonchev–Trinajstić information content (AvgIpc) is 2.42. The summed E-state index contributed by atoms with van der Waals surface area (Å²) < 4.78 is 25.4. The second-order valence-corrected chi connectivity index (χ2v) is 6.62. The molecule has 0 amide bonds. The van der Waals surface area contributed by atoms with Gasteiger partial charge in [0.15, 0.2) is 9.84 Å². The number of rotatable bonds is 4. The highest BCUT2D eigenvalue weighted by atomic mass is 32.2. The van der Waals surface area contributed by atoms with E-state index in [0.29, 0.717) is 11.4 Å². The molecule has 0 aromatic heterocycles. The van der Waals surface area contributed by atoms with E-state index in [1.165, 1.54) is 0 Å². The van der Waals surface area contributed by atoms with Crippen LogP contribution >= 0.6 is 0 Å². The molecule has 0 heterocycles. The van der Waals surface area contributed by atoms with Gasteiger partial charge in [-0.3, -0.25) is 0 Å². The lowest BCUT2D eigenvalue weighted by molar-refractivity contribution is -0.367. The topological polar surface area (TPSA) is 61.8 Å². The lowest BCUT2D eigenvalue weighted by atomic mass is 10.1. The lowest BCUT2D eigenvalue weighted by Crippen LogP contribution is -2.54. The fraction of sp³-hybridized carbons (Fsp3) is 0.200. The van der Waals surface area contributed by atoms with E-state index in [4.69, 9.17) is 0 Å². The van der Waals surface area contributed by atoms with Crippen molar-refractivity contribution in [2.75, 3.05) is 6.54 Å². The quantitative estimate of drug-likeness (QED) is 0.924. The van der Waals surface area contributed by atoms with Gasteiger partial charge in [0, 0.05) is 0 Å². The Labute approximate surface area is 114 Å². The summed E-state index contributed by atoms with van der Waals surface area (Å²) in [6.45, 7) is 2.25. The van der Waals surface area contributed by atoms with Crippen molar-refractivity contribution in [2.45, 2.75) is 17.1 Å². The molecule has 0 bridgehead atoms. The van der Waals surface area contributed by atoms with Crippen LogP contribution in [0.4, 0.5) is 0 Å². The molecule has 3 N–H and O–H groups in total. The van der Waals surface area contributed by atoms with E-state index in [9.17, 15) is 8.42 Å². The standard InChI is InChI=1S/C15H17NO2S/c1-12-7-5-6-10-14(12)15(11-16)19(17,18)13-8-3-2-4-9-13/h2-10,15H,11,16H2,1H3/p+1/t15-/m1/s1. The molecule has 3 nitrogen and oxygen atoms in total. The zero-order valence-corrected chi connectivity index (χ0v) is 11.7. The molecule has 4 heteroatoms. The SMILES string of the molecule is Cc1ccccc1[C@@H](C[NH3+])S(=O)(=O)c1ccccc1. The highest BCUT2D eigenvalue weighted by Gasteiger charge is 2.30. The lowest BCUT2D eigenvalue weighted by Gasteiger charge is -2.16. The average molecular weight is 276 g/mol. The van der Waals surface area contributed by atoms with Crippen LogP contribution in [0.25, 0.3) is 0 Å². The molecule has 0 aliphatic heterocycles. The van der Waals surface area contributed by atoms with Gasteiger partial charge in [0.25, 0.3) is 0 Å². The van der Waals surface area contributed by atoms with Crippen LogP contribution < -0.4 is 5.73 Å². The van der Waals surface area contributed by atoms with Crippen molar-refractivity contribution in [3.05, 3.63) is 65.7 Å². The van der Waals surface area contributed by atoms with Gasteiger partial charge in [-0.25, -0.2) is 8.42 Å². The maximum absolute atomic E-state index is 12.7. The Morgan fingerprint density at radius 2 is 1.58 bits per heavy atom. The molecule has 0 unspecified atom stereocenters. The van der Waals surface area contributed by atoms with Crippen molar-refractivity contribution in [1.82, 2.24) is 0 Å². The van der Waals surface area contributed by atoms with Crippen LogP contribution in [0.15, 0.2) is 59.5 Å². The van der Waals surface area contributed by atoms with Gasteiger partial charge in [0.05, 0.1) is 11.4 Å². The van der Waals surface area contributed by atoms with Crippen molar-refractivity contribution in [3.8, 4) is 0 Å². The minimum Gasteiger partial charge on any atom is -0.356 e. The third-order valence-electron chi connectivity index (χ3n) is 3.24. The van der Waals surface area contributed by atoms with Crippen molar-refractivity contribution >= 4 is 9.84 Å². The predicted octanol–water partition coefficient (Wildman–Crippen LogP) is 1.75. The van der Waals surface area contributed by atoms with Gasteiger partial charge in [-0.05, 0) is 30.2 Å². The zero-order chi connectivity index (χ0) is 13.9. The number of aryl methyl sites for hydroxylation is 1. The van der Waals surface area contributed by atoms with E-state index in [1.54, 1.807) is 24.3 Å². The Morgan fingerprint density at radius 1 is 1.00 bits per heavy atom. The molecule has 0 fully saturated rings. The highest BCUT2D eigenvalue weighted by Crippen LogP contribution is 2.29. The van der Waals surface area contributed by atoms with Crippen molar-refractivity contribution in [1.29, 1.82) is 0 Å². The normalized spacial score (nSPS) is 13.2. The number of quaternary nitrogens is 1. The number of hydrogen-bond donors (Lipinski definition) is 1. The van der Waals surface area contributed by atoms with Gasteiger partial charge < -0.3 is 5.73 Å². The van der Waals surface area contributed by atoms with Crippen LogP contribution in [-0.4, -0.2) is 15.0 Å². The maximum Gasteiger partial charge on any atom is 0.190 e. The fourth-order valence-electron chi connectivity index (χ4n) is 2.20. The largest absolute Gasteiger partial charge is 0.356 e. The molecule has 100 valence electrons. The third-order valence-corrected chi connectivity index (χ3v) is 5.41. The van der Waals surface area contributed by atoms with Gasteiger partial charge in [0.1, 0.15) is 5.25 Å². The number of sulfone groups is 1. The second-order valence-electron chi connectivity index (χ2n) is 4.49. The molecule has 0 spiro atoms. The fourth-order valence-corrected chi connectivity index (χ4v) is 3.97. The molecule has 0 aliphatic rings. The Bertz CT molecular complexity index is 651. The Morgan fingerprint density at radius 3 is 2.16 bits per heavy atom. The van der Waals surface area contributed by atoms with Crippen LogP contribution in [0.5, 0.6) is 0 Å². The summed E-state index contributed by atoms with van der Waals surface area (Å²) in [6, 6.07) is 16.1. The Balaban J connectivity index is 2.52. The van der Waals surface area contributed by atoms with E-state index in [2.05, 4.69) is 5.73 Å². The molecule has 1 atom stereocenters. The van der Waals surface area contributed by atoms with Gasteiger partial charge in [-0.15, -0.1) is 0 Å². The number of hydrogen-bond acceptors (Lipinski definition) is 2. The van der Waals surface area contributed by atoms with Gasteiger partial charge in [-0.1, -0.05) is 42.5 Å². The first-order valence-corrected chi connectivity index (χ1v) is 7.75. The van der Waals surface area contributed by atoms with E-state index >= 15 is 0 Å². The molecule has 2 aromatic rings. The van der Waals surface area contributed by atoms with Crippen LogP contribution in [0.3, 0.4) is 0 Å². The summed E-state index contributed by atoms with van der Waals surface area (Å²) in [5.74, 6) is 0. The molecule has 0 radical (unpaired) electrons. The van der Waals surface area contributed by atoms with E-state index in [1.807, 2.05) is 37.3 Å². The summed E-state index contributed by atoms with van der Waals surface area (Å²) >= 11 is 0. The molecule has 0 saturated carbocycles. The molecule has 0 aliphatic carbocycles. The van der Waals surface area contributed by atoms with E-state index < -0.39 is 15.1 Å². The summed E-state index contributed by atoms with van der Waals surface area (Å²) in [6.07, 6.45) is 0. The maximum atomic E-state index is 12.7. The monoisotopic (exact) mass is 276 g/mol.